The molecule has 0 saturated carbocycles. The minimum absolute atomic E-state index is 0.0939. The van der Waals surface area contributed by atoms with Crippen molar-refractivity contribution in [1.82, 2.24) is 14.6 Å². The fraction of sp³-hybridized carbons (Fsp3) is 0.533. The molecule has 2 fully saturated rings. The molecule has 4 rings (SSSR count). The van der Waals surface area contributed by atoms with Gasteiger partial charge >= 0.3 is 0 Å². The summed E-state index contributed by atoms with van der Waals surface area (Å²) in [7, 11) is -3.43. The first-order valence-electron chi connectivity index (χ1n) is 7.67. The van der Waals surface area contributed by atoms with Crippen LogP contribution in [0.25, 0.3) is 10.2 Å². The number of aryl methyl sites for hydroxylation is 1. The summed E-state index contributed by atoms with van der Waals surface area (Å²) in [5.41, 5.74) is 0.877. The lowest BCUT2D eigenvalue weighted by Crippen LogP contribution is -2.42. The van der Waals surface area contributed by atoms with E-state index in [4.69, 9.17) is 0 Å². The molecule has 118 valence electrons. The van der Waals surface area contributed by atoms with E-state index in [2.05, 4.69) is 10.3 Å². The number of aromatic nitrogens is 1. The molecule has 0 radical (unpaired) electrons. The average Bonchev–Trinajstić information content (AvgIpc) is 2.95. The second-order valence-electron chi connectivity index (χ2n) is 6.08. The molecule has 0 amide bonds. The summed E-state index contributed by atoms with van der Waals surface area (Å²) in [6, 6.07) is 5.55. The predicted molar refractivity (Wildman–Crippen MR) is 87.7 cm³/mol. The standard InChI is InChI=1S/C15H19N3O2S2/c1-10-17-14-5-4-13(8-15(14)21-10)22(19,20)18-11-2-3-12(18)9-16-7-6-11/h4-5,8,11-12,16H,2-3,6-7,9H2,1H3/t11-,12+/m1/s1. The topological polar surface area (TPSA) is 62.3 Å². The van der Waals surface area contributed by atoms with E-state index in [0.29, 0.717) is 4.90 Å². The number of hydrogen-bond acceptors (Lipinski definition) is 5. The number of thiazole rings is 1. The van der Waals surface area contributed by atoms with Crippen LogP contribution in [0.3, 0.4) is 0 Å². The van der Waals surface area contributed by atoms with Gasteiger partial charge in [-0.05, 0) is 50.9 Å². The Morgan fingerprint density at radius 2 is 2.09 bits per heavy atom. The zero-order valence-electron chi connectivity index (χ0n) is 12.4. The fourth-order valence-electron chi connectivity index (χ4n) is 3.63. The number of sulfonamides is 1. The lowest BCUT2D eigenvalue weighted by molar-refractivity contribution is 0.334. The van der Waals surface area contributed by atoms with Gasteiger partial charge in [-0.2, -0.15) is 4.31 Å². The summed E-state index contributed by atoms with van der Waals surface area (Å²) in [4.78, 5) is 4.81. The van der Waals surface area contributed by atoms with Gasteiger partial charge in [0, 0.05) is 18.6 Å². The van der Waals surface area contributed by atoms with E-state index in [1.54, 1.807) is 27.8 Å². The van der Waals surface area contributed by atoms with E-state index in [9.17, 15) is 8.42 Å². The zero-order valence-corrected chi connectivity index (χ0v) is 14.1. The Hall–Kier alpha value is -1.02. The van der Waals surface area contributed by atoms with Crippen molar-refractivity contribution < 1.29 is 8.42 Å². The van der Waals surface area contributed by atoms with Crippen LogP contribution >= 0.6 is 11.3 Å². The molecule has 1 N–H and O–H groups in total. The number of nitrogens with one attached hydrogen (secondary N) is 1. The van der Waals surface area contributed by atoms with Crippen LogP contribution in [-0.2, 0) is 10.0 Å². The Morgan fingerprint density at radius 3 is 2.95 bits per heavy atom. The van der Waals surface area contributed by atoms with Crippen molar-refractivity contribution in [3.63, 3.8) is 0 Å². The molecular formula is C15H19N3O2S2. The highest BCUT2D eigenvalue weighted by molar-refractivity contribution is 7.89. The molecule has 2 atom stereocenters. The Bertz CT molecular complexity index is 801. The molecule has 2 saturated heterocycles. The van der Waals surface area contributed by atoms with Crippen LogP contribution in [0.15, 0.2) is 23.1 Å². The maximum atomic E-state index is 13.1. The fourth-order valence-corrected chi connectivity index (χ4v) is 6.50. The SMILES string of the molecule is Cc1nc2ccc(S(=O)(=O)N3[C@H]4CCNC[C@@H]3CC4)cc2s1. The molecule has 2 aliphatic rings. The molecule has 0 spiro atoms. The molecule has 2 aliphatic heterocycles. The molecule has 0 aliphatic carbocycles. The van der Waals surface area contributed by atoms with Gasteiger partial charge in [0.1, 0.15) is 0 Å². The number of benzene rings is 1. The summed E-state index contributed by atoms with van der Waals surface area (Å²) in [6.07, 6.45) is 2.84. The molecule has 2 bridgehead atoms. The van der Waals surface area contributed by atoms with Crippen LogP contribution in [0.2, 0.25) is 0 Å². The first kappa shape index (κ1) is 14.6. The van der Waals surface area contributed by atoms with Crippen molar-refractivity contribution in [3.05, 3.63) is 23.2 Å². The van der Waals surface area contributed by atoms with Crippen LogP contribution in [0.5, 0.6) is 0 Å². The number of nitrogens with zero attached hydrogens (tertiary/aromatic N) is 2. The highest BCUT2D eigenvalue weighted by atomic mass is 32.2. The van der Waals surface area contributed by atoms with Gasteiger partial charge in [0.15, 0.2) is 0 Å². The first-order chi connectivity index (χ1) is 10.6. The lowest BCUT2D eigenvalue weighted by atomic mass is 10.1. The van der Waals surface area contributed by atoms with Crippen LogP contribution in [0, 0.1) is 6.92 Å². The summed E-state index contributed by atoms with van der Waals surface area (Å²) in [5.74, 6) is 0. The third kappa shape index (κ3) is 2.27. The molecule has 1 aromatic heterocycles. The number of hydrogen-bond donors (Lipinski definition) is 1. The third-order valence-electron chi connectivity index (χ3n) is 4.63. The highest BCUT2D eigenvalue weighted by Crippen LogP contribution is 2.35. The Kier molecular flexibility index (Phi) is 3.48. The smallest absolute Gasteiger partial charge is 0.243 e. The monoisotopic (exact) mass is 337 g/mol. The molecule has 22 heavy (non-hydrogen) atoms. The van der Waals surface area contributed by atoms with Crippen molar-refractivity contribution in [2.75, 3.05) is 13.1 Å². The average molecular weight is 337 g/mol. The van der Waals surface area contributed by atoms with E-state index in [1.807, 2.05) is 13.0 Å². The van der Waals surface area contributed by atoms with E-state index in [0.717, 1.165) is 47.6 Å². The Balaban J connectivity index is 1.78. The summed E-state index contributed by atoms with van der Waals surface area (Å²) in [5, 5.41) is 4.31. The van der Waals surface area contributed by atoms with Crippen LogP contribution in [0.4, 0.5) is 0 Å². The van der Waals surface area contributed by atoms with E-state index in [1.165, 1.54) is 0 Å². The van der Waals surface area contributed by atoms with Crippen LogP contribution < -0.4 is 5.32 Å². The van der Waals surface area contributed by atoms with Gasteiger partial charge in [-0.15, -0.1) is 11.3 Å². The maximum Gasteiger partial charge on any atom is 0.243 e. The summed E-state index contributed by atoms with van der Waals surface area (Å²) < 4.78 is 29.0. The highest BCUT2D eigenvalue weighted by Gasteiger charge is 2.43. The van der Waals surface area contributed by atoms with Crippen molar-refractivity contribution in [2.24, 2.45) is 0 Å². The molecule has 2 aromatic rings. The van der Waals surface area contributed by atoms with Gasteiger partial charge < -0.3 is 5.32 Å². The van der Waals surface area contributed by atoms with Gasteiger partial charge in [-0.25, -0.2) is 13.4 Å². The second-order valence-corrected chi connectivity index (χ2v) is 9.15. The molecule has 3 heterocycles. The summed E-state index contributed by atoms with van der Waals surface area (Å²) >= 11 is 1.54. The summed E-state index contributed by atoms with van der Waals surface area (Å²) in [6.45, 7) is 3.61. The Morgan fingerprint density at radius 1 is 1.27 bits per heavy atom. The normalized spacial score (nSPS) is 26.4. The minimum Gasteiger partial charge on any atom is -0.315 e. The second kappa shape index (κ2) is 5.26. The van der Waals surface area contributed by atoms with E-state index < -0.39 is 10.0 Å². The van der Waals surface area contributed by atoms with Crippen molar-refractivity contribution in [3.8, 4) is 0 Å². The van der Waals surface area contributed by atoms with Gasteiger partial charge in [-0.3, -0.25) is 0 Å². The molecular weight excluding hydrogens is 318 g/mol. The lowest BCUT2D eigenvalue weighted by Gasteiger charge is -2.26. The third-order valence-corrected chi connectivity index (χ3v) is 7.56. The minimum atomic E-state index is -3.43. The van der Waals surface area contributed by atoms with Crippen LogP contribution in [-0.4, -0.2) is 42.9 Å². The largest absolute Gasteiger partial charge is 0.315 e. The zero-order chi connectivity index (χ0) is 15.3. The Labute approximate surface area is 134 Å². The van der Waals surface area contributed by atoms with Crippen molar-refractivity contribution in [2.45, 2.75) is 43.2 Å². The quantitative estimate of drug-likeness (QED) is 0.912. The van der Waals surface area contributed by atoms with E-state index in [-0.39, 0.29) is 12.1 Å². The molecule has 5 nitrogen and oxygen atoms in total. The maximum absolute atomic E-state index is 13.1. The van der Waals surface area contributed by atoms with Crippen LogP contribution in [0.1, 0.15) is 24.3 Å². The number of rotatable bonds is 2. The van der Waals surface area contributed by atoms with Gasteiger partial charge in [-0.1, -0.05) is 0 Å². The van der Waals surface area contributed by atoms with Crippen molar-refractivity contribution >= 4 is 31.6 Å². The number of fused-ring (bicyclic) bond motifs is 3. The van der Waals surface area contributed by atoms with Gasteiger partial charge in [0.05, 0.1) is 20.1 Å². The van der Waals surface area contributed by atoms with Gasteiger partial charge in [0.2, 0.25) is 10.0 Å². The molecule has 1 aromatic carbocycles. The van der Waals surface area contributed by atoms with E-state index >= 15 is 0 Å². The molecule has 0 unspecified atom stereocenters. The molecule has 7 heteroatoms. The van der Waals surface area contributed by atoms with Gasteiger partial charge in [0.25, 0.3) is 0 Å². The first-order valence-corrected chi connectivity index (χ1v) is 9.93. The van der Waals surface area contributed by atoms with Crippen molar-refractivity contribution in [1.29, 1.82) is 0 Å². The predicted octanol–water partition coefficient (Wildman–Crippen LogP) is 2.12.